The summed E-state index contributed by atoms with van der Waals surface area (Å²) in [7, 11) is 0. The molecule has 9 nitrogen and oxygen atoms in total. The van der Waals surface area contributed by atoms with Crippen LogP contribution < -0.4 is 26.4 Å². The van der Waals surface area contributed by atoms with E-state index in [9.17, 15) is 37.1 Å². The Balaban J connectivity index is 1.79. The molecule has 2 aromatic rings. The zero-order valence-electron chi connectivity index (χ0n) is 21.6. The molecule has 2 aliphatic rings. The van der Waals surface area contributed by atoms with Crippen LogP contribution in [0.15, 0.2) is 42.5 Å². The van der Waals surface area contributed by atoms with Crippen LogP contribution in [-0.4, -0.2) is 54.2 Å². The van der Waals surface area contributed by atoms with Crippen LogP contribution in [0.5, 0.6) is 5.75 Å². The van der Waals surface area contributed by atoms with E-state index >= 15 is 0 Å². The highest BCUT2D eigenvalue weighted by atomic mass is 19.4. The third-order valence-electron chi connectivity index (χ3n) is 6.29. The number of hydrogen-bond acceptors (Lipinski definition) is 6. The Morgan fingerprint density at radius 2 is 1.93 bits per heavy atom. The molecule has 0 saturated carbocycles. The number of fused-ring (bicyclic) bond motifs is 13. The van der Waals surface area contributed by atoms with Gasteiger partial charge in [-0.05, 0) is 48.6 Å². The summed E-state index contributed by atoms with van der Waals surface area (Å²) in [6.07, 6.45) is -5.47. The highest BCUT2D eigenvalue weighted by molar-refractivity contribution is 5.91. The van der Waals surface area contributed by atoms with Crippen molar-refractivity contribution in [2.45, 2.75) is 63.0 Å². The summed E-state index contributed by atoms with van der Waals surface area (Å²) in [4.78, 5) is 37.0. The third kappa shape index (κ3) is 9.49. The number of nitrogens with one attached hydrogen (secondary N) is 3. The SMILES string of the molecule is NC(=O)CC1NC(=O)CCCCOc2ccc(cc2F)CC(C(O)CNCc2cccc(C(F)(F)F)c2)NC1=O. The van der Waals surface area contributed by atoms with E-state index in [0.717, 1.165) is 12.1 Å². The van der Waals surface area contributed by atoms with E-state index in [4.69, 9.17) is 10.5 Å². The molecule has 218 valence electrons. The predicted octanol–water partition coefficient (Wildman–Crippen LogP) is 1.95. The van der Waals surface area contributed by atoms with Crippen molar-refractivity contribution < 1.29 is 41.8 Å². The predicted molar refractivity (Wildman–Crippen MR) is 136 cm³/mol. The van der Waals surface area contributed by atoms with Crippen molar-refractivity contribution in [3.63, 3.8) is 0 Å². The molecular formula is C27H32F4N4O5. The van der Waals surface area contributed by atoms with Crippen LogP contribution in [0.1, 0.15) is 42.4 Å². The molecule has 0 fully saturated rings. The summed E-state index contributed by atoms with van der Waals surface area (Å²) < 4.78 is 59.1. The van der Waals surface area contributed by atoms with E-state index in [2.05, 4.69) is 16.0 Å². The number of amides is 3. The number of carbonyl (C=O) groups excluding carboxylic acids is 3. The molecule has 3 atom stereocenters. The maximum absolute atomic E-state index is 14.6. The van der Waals surface area contributed by atoms with Crippen molar-refractivity contribution in [2.24, 2.45) is 5.73 Å². The van der Waals surface area contributed by atoms with Gasteiger partial charge in [0.1, 0.15) is 6.04 Å². The molecule has 2 aliphatic heterocycles. The van der Waals surface area contributed by atoms with E-state index in [1.165, 1.54) is 24.3 Å². The lowest BCUT2D eigenvalue weighted by Gasteiger charge is -2.27. The van der Waals surface area contributed by atoms with Crippen LogP contribution in [-0.2, 0) is 33.5 Å². The number of halogens is 4. The summed E-state index contributed by atoms with van der Waals surface area (Å²) in [6, 6.07) is 6.57. The quantitative estimate of drug-likeness (QED) is 0.323. The second-order valence-electron chi connectivity index (χ2n) is 9.58. The topological polar surface area (TPSA) is 143 Å². The second-order valence-corrected chi connectivity index (χ2v) is 9.58. The molecule has 2 bridgehead atoms. The third-order valence-corrected chi connectivity index (χ3v) is 6.29. The van der Waals surface area contributed by atoms with Crippen LogP contribution in [0.4, 0.5) is 17.6 Å². The van der Waals surface area contributed by atoms with Gasteiger partial charge in [0.2, 0.25) is 17.7 Å². The first-order valence-corrected chi connectivity index (χ1v) is 12.8. The minimum absolute atomic E-state index is 0.0112. The van der Waals surface area contributed by atoms with Crippen LogP contribution in [0.25, 0.3) is 0 Å². The standard InChI is InChI=1S/C27H32F4N4O5/c28-19-11-16-7-8-23(19)40-9-2-1-6-25(38)34-21(13-24(32)37)26(39)35-20(12-16)22(36)15-33-14-17-4-3-5-18(10-17)27(29,30)31/h3-5,7-8,10-11,20-22,33,36H,1-2,6,9,12-15H2,(H2,32,37)(H,34,38)(H,35,39). The highest BCUT2D eigenvalue weighted by Gasteiger charge is 2.31. The minimum atomic E-state index is -4.50. The zero-order chi connectivity index (χ0) is 29.3. The molecule has 3 unspecified atom stereocenters. The number of carbonyl (C=O) groups is 3. The number of aliphatic hydroxyl groups is 1. The highest BCUT2D eigenvalue weighted by Crippen LogP contribution is 2.29. The second kappa shape index (κ2) is 14.1. The van der Waals surface area contributed by atoms with Gasteiger partial charge in [-0.1, -0.05) is 24.3 Å². The van der Waals surface area contributed by atoms with Gasteiger partial charge in [-0.15, -0.1) is 0 Å². The summed E-state index contributed by atoms with van der Waals surface area (Å²) in [5.74, 6) is -2.73. The van der Waals surface area contributed by atoms with Crippen LogP contribution in [0.2, 0.25) is 0 Å². The van der Waals surface area contributed by atoms with Crippen molar-refractivity contribution >= 4 is 17.7 Å². The number of rotatable bonds is 7. The smallest absolute Gasteiger partial charge is 0.416 e. The van der Waals surface area contributed by atoms with E-state index in [-0.39, 0.29) is 38.3 Å². The summed E-state index contributed by atoms with van der Waals surface area (Å²) in [5, 5.41) is 18.9. The molecule has 3 amide bonds. The Bertz CT molecular complexity index is 1190. The Kier molecular flexibility index (Phi) is 10.8. The summed E-state index contributed by atoms with van der Waals surface area (Å²) in [5.41, 5.74) is 5.19. The molecule has 40 heavy (non-hydrogen) atoms. The molecule has 4 rings (SSSR count). The normalized spacial score (nSPS) is 19.8. The molecule has 2 aromatic carbocycles. The molecule has 0 aromatic heterocycles. The lowest BCUT2D eigenvalue weighted by molar-refractivity contribution is -0.137. The van der Waals surface area contributed by atoms with Crippen molar-refractivity contribution in [3.8, 4) is 5.75 Å². The van der Waals surface area contributed by atoms with Crippen molar-refractivity contribution in [1.82, 2.24) is 16.0 Å². The summed E-state index contributed by atoms with van der Waals surface area (Å²) >= 11 is 0. The fourth-order valence-electron chi connectivity index (χ4n) is 4.22. The van der Waals surface area contributed by atoms with E-state index in [0.29, 0.717) is 24.0 Å². The van der Waals surface area contributed by atoms with E-state index in [1.807, 2.05) is 0 Å². The van der Waals surface area contributed by atoms with Gasteiger partial charge >= 0.3 is 6.18 Å². The molecule has 6 N–H and O–H groups in total. The van der Waals surface area contributed by atoms with Crippen LogP contribution >= 0.6 is 0 Å². The lowest BCUT2D eigenvalue weighted by atomic mass is 9.99. The molecular weight excluding hydrogens is 536 g/mol. The lowest BCUT2D eigenvalue weighted by Crippen LogP contribution is -2.55. The van der Waals surface area contributed by atoms with Gasteiger partial charge < -0.3 is 31.5 Å². The van der Waals surface area contributed by atoms with Crippen molar-refractivity contribution in [3.05, 3.63) is 65.0 Å². The molecule has 0 aliphatic carbocycles. The maximum atomic E-state index is 14.6. The van der Waals surface area contributed by atoms with Crippen molar-refractivity contribution in [1.29, 1.82) is 0 Å². The molecule has 0 radical (unpaired) electrons. The molecule has 2 heterocycles. The van der Waals surface area contributed by atoms with Gasteiger partial charge in [-0.25, -0.2) is 4.39 Å². The van der Waals surface area contributed by atoms with E-state index in [1.54, 1.807) is 6.07 Å². The molecule has 13 heteroatoms. The van der Waals surface area contributed by atoms with E-state index < -0.39 is 59.9 Å². The number of primary amides is 1. The summed E-state index contributed by atoms with van der Waals surface area (Å²) in [6.45, 7) is -0.00594. The number of aliphatic hydroxyl groups excluding tert-OH is 1. The number of benzene rings is 2. The minimum Gasteiger partial charge on any atom is -0.491 e. The van der Waals surface area contributed by atoms with Crippen LogP contribution in [0.3, 0.4) is 0 Å². The van der Waals surface area contributed by atoms with Gasteiger partial charge in [0.05, 0.1) is 30.7 Å². The Morgan fingerprint density at radius 3 is 2.62 bits per heavy atom. The number of alkyl halides is 3. The van der Waals surface area contributed by atoms with Gasteiger partial charge in [0, 0.05) is 19.5 Å². The van der Waals surface area contributed by atoms with Crippen LogP contribution in [0, 0.1) is 5.82 Å². The Morgan fingerprint density at radius 1 is 1.15 bits per heavy atom. The number of hydrogen-bond donors (Lipinski definition) is 5. The van der Waals surface area contributed by atoms with Gasteiger partial charge in [-0.3, -0.25) is 14.4 Å². The number of nitrogens with two attached hydrogens (primary N) is 1. The average molecular weight is 569 g/mol. The molecule has 0 spiro atoms. The first-order chi connectivity index (χ1) is 18.9. The van der Waals surface area contributed by atoms with Gasteiger partial charge in [0.25, 0.3) is 0 Å². The van der Waals surface area contributed by atoms with Crippen molar-refractivity contribution in [2.75, 3.05) is 13.2 Å². The van der Waals surface area contributed by atoms with Gasteiger partial charge in [-0.2, -0.15) is 13.2 Å². The average Bonchev–Trinajstić information content (AvgIpc) is 2.87. The monoisotopic (exact) mass is 568 g/mol. The number of ether oxygens (including phenoxy) is 1. The zero-order valence-corrected chi connectivity index (χ0v) is 21.6. The fraction of sp³-hybridized carbons (Fsp3) is 0.444. The fourth-order valence-corrected chi connectivity index (χ4v) is 4.22. The first-order valence-electron chi connectivity index (χ1n) is 12.8. The van der Waals surface area contributed by atoms with Gasteiger partial charge in [0.15, 0.2) is 11.6 Å². The maximum Gasteiger partial charge on any atom is 0.416 e. The Labute approximate surface area is 228 Å². The molecule has 0 saturated heterocycles. The first kappa shape index (κ1) is 30.8. The Hall–Kier alpha value is -3.71. The largest absolute Gasteiger partial charge is 0.491 e.